The number of nitrogens with one attached hydrogen (secondary N) is 1. The van der Waals surface area contributed by atoms with Crippen LogP contribution >= 0.6 is 0 Å². The minimum Gasteiger partial charge on any atom is -0.478 e. The number of hydrogen-bond donors (Lipinski definition) is 2. The van der Waals surface area contributed by atoms with Gasteiger partial charge in [-0.2, -0.15) is 4.98 Å². The maximum atomic E-state index is 11.8. The zero-order chi connectivity index (χ0) is 20.1. The number of nitrogens with zero attached hydrogens (tertiary/aromatic N) is 4. The summed E-state index contributed by atoms with van der Waals surface area (Å²) in [5.41, 5.74) is 1.39. The van der Waals surface area contributed by atoms with Crippen molar-refractivity contribution in [1.82, 2.24) is 14.9 Å². The van der Waals surface area contributed by atoms with Crippen LogP contribution in [-0.4, -0.2) is 64.8 Å². The lowest BCUT2D eigenvalue weighted by Gasteiger charge is -2.34. The first-order valence-electron chi connectivity index (χ1n) is 9.09. The van der Waals surface area contributed by atoms with Crippen LogP contribution in [0.4, 0.5) is 22.2 Å². The van der Waals surface area contributed by atoms with Crippen LogP contribution in [0.1, 0.15) is 23.0 Å². The molecule has 9 heteroatoms. The molecule has 0 saturated carbocycles. The summed E-state index contributed by atoms with van der Waals surface area (Å²) in [4.78, 5) is 35.9. The van der Waals surface area contributed by atoms with Gasteiger partial charge in [0.25, 0.3) is 0 Å². The fraction of sp³-hybridized carbons (Fsp3) is 0.368. The van der Waals surface area contributed by atoms with E-state index in [0.29, 0.717) is 50.2 Å². The highest BCUT2D eigenvalue weighted by Gasteiger charge is 2.24. The van der Waals surface area contributed by atoms with Crippen molar-refractivity contribution in [1.29, 1.82) is 0 Å². The van der Waals surface area contributed by atoms with E-state index in [1.807, 2.05) is 11.8 Å². The van der Waals surface area contributed by atoms with E-state index in [4.69, 9.17) is 4.74 Å². The average Bonchev–Trinajstić information content (AvgIpc) is 2.68. The summed E-state index contributed by atoms with van der Waals surface area (Å²) >= 11 is 0. The number of carboxylic acids is 1. The molecule has 0 unspecified atom stereocenters. The number of benzene rings is 1. The monoisotopic (exact) mass is 385 g/mol. The minimum atomic E-state index is -1.01. The van der Waals surface area contributed by atoms with E-state index in [-0.39, 0.29) is 11.7 Å². The van der Waals surface area contributed by atoms with Gasteiger partial charge in [0.15, 0.2) is 0 Å². The number of carboxylic acid groups (broad SMARTS) is 1. The van der Waals surface area contributed by atoms with Gasteiger partial charge in [-0.1, -0.05) is 12.1 Å². The van der Waals surface area contributed by atoms with Gasteiger partial charge < -0.3 is 25.0 Å². The molecular formula is C19H23N5O4. The second kappa shape index (κ2) is 8.55. The lowest BCUT2D eigenvalue weighted by atomic mass is 10.2. The predicted octanol–water partition coefficient (Wildman–Crippen LogP) is 2.51. The Morgan fingerprint density at radius 3 is 2.57 bits per heavy atom. The number of piperazine rings is 1. The third-order valence-electron chi connectivity index (χ3n) is 4.35. The Bertz CT molecular complexity index is 865. The molecule has 148 valence electrons. The van der Waals surface area contributed by atoms with Crippen molar-refractivity contribution in [3.05, 3.63) is 41.6 Å². The standard InChI is InChI=1S/C19H23N5O4/c1-3-28-19(27)24-10-8-23(9-11-24)18-20-13(2)12-16(22-18)21-15-7-5-4-6-14(15)17(25)26/h4-7,12H,3,8-11H2,1-2H3,(H,25,26)(H,20,21,22). The van der Waals surface area contributed by atoms with Crippen molar-refractivity contribution in [2.45, 2.75) is 13.8 Å². The van der Waals surface area contributed by atoms with Crippen LogP contribution in [-0.2, 0) is 4.74 Å². The van der Waals surface area contributed by atoms with Crippen molar-refractivity contribution in [2.24, 2.45) is 0 Å². The Hall–Kier alpha value is -3.36. The minimum absolute atomic E-state index is 0.170. The van der Waals surface area contributed by atoms with E-state index in [1.54, 1.807) is 36.1 Å². The Balaban J connectivity index is 1.74. The van der Waals surface area contributed by atoms with Crippen molar-refractivity contribution in [3.63, 3.8) is 0 Å². The van der Waals surface area contributed by atoms with Crippen molar-refractivity contribution in [3.8, 4) is 0 Å². The summed E-state index contributed by atoms with van der Waals surface area (Å²) < 4.78 is 5.04. The van der Waals surface area contributed by atoms with Crippen LogP contribution in [0, 0.1) is 6.92 Å². The molecule has 2 N–H and O–H groups in total. The molecule has 28 heavy (non-hydrogen) atoms. The summed E-state index contributed by atoms with van der Waals surface area (Å²) in [6.07, 6.45) is -0.306. The summed E-state index contributed by atoms with van der Waals surface area (Å²) in [5.74, 6) is 0.0482. The summed E-state index contributed by atoms with van der Waals surface area (Å²) in [6.45, 7) is 6.23. The van der Waals surface area contributed by atoms with E-state index >= 15 is 0 Å². The molecule has 2 heterocycles. The number of aromatic carboxylic acids is 1. The van der Waals surface area contributed by atoms with Crippen molar-refractivity contribution in [2.75, 3.05) is 43.0 Å². The lowest BCUT2D eigenvalue weighted by Crippen LogP contribution is -2.49. The first-order chi connectivity index (χ1) is 13.5. The Kier molecular flexibility index (Phi) is 5.93. The fourth-order valence-electron chi connectivity index (χ4n) is 2.98. The highest BCUT2D eigenvalue weighted by atomic mass is 16.6. The molecule has 1 fully saturated rings. The summed E-state index contributed by atoms with van der Waals surface area (Å²) in [5, 5.41) is 12.4. The van der Waals surface area contributed by atoms with Crippen LogP contribution in [0.3, 0.4) is 0 Å². The van der Waals surface area contributed by atoms with E-state index in [1.165, 1.54) is 6.07 Å². The van der Waals surface area contributed by atoms with Crippen LogP contribution in [0.2, 0.25) is 0 Å². The van der Waals surface area contributed by atoms with Gasteiger partial charge >= 0.3 is 12.1 Å². The number of ether oxygens (including phenoxy) is 1. The van der Waals surface area contributed by atoms with Crippen LogP contribution < -0.4 is 10.2 Å². The van der Waals surface area contributed by atoms with Crippen LogP contribution in [0.5, 0.6) is 0 Å². The maximum absolute atomic E-state index is 11.8. The van der Waals surface area contributed by atoms with Gasteiger partial charge in [-0.3, -0.25) is 0 Å². The number of amides is 1. The van der Waals surface area contributed by atoms with Crippen molar-refractivity contribution < 1.29 is 19.4 Å². The number of carbonyl (C=O) groups is 2. The largest absolute Gasteiger partial charge is 0.478 e. The van der Waals surface area contributed by atoms with Gasteiger partial charge in [0, 0.05) is 37.9 Å². The number of hydrogen-bond acceptors (Lipinski definition) is 7. The number of carbonyl (C=O) groups excluding carboxylic acids is 1. The molecule has 9 nitrogen and oxygen atoms in total. The highest BCUT2D eigenvalue weighted by Crippen LogP contribution is 2.22. The number of aromatic nitrogens is 2. The molecule has 0 atom stereocenters. The normalized spacial score (nSPS) is 13.9. The van der Waals surface area contributed by atoms with Gasteiger partial charge in [-0.15, -0.1) is 0 Å². The quantitative estimate of drug-likeness (QED) is 0.808. The molecule has 1 amide bonds. The maximum Gasteiger partial charge on any atom is 0.409 e. The Morgan fingerprint density at radius 2 is 1.89 bits per heavy atom. The number of para-hydroxylation sites is 1. The molecule has 3 rings (SSSR count). The third kappa shape index (κ3) is 4.48. The summed E-state index contributed by atoms with van der Waals surface area (Å²) in [6, 6.07) is 8.43. The number of rotatable bonds is 5. The smallest absolute Gasteiger partial charge is 0.409 e. The number of aryl methyl sites for hydroxylation is 1. The van der Waals surface area contributed by atoms with E-state index in [2.05, 4.69) is 15.3 Å². The zero-order valence-electron chi connectivity index (χ0n) is 15.9. The molecule has 1 saturated heterocycles. The molecular weight excluding hydrogens is 362 g/mol. The van der Waals surface area contributed by atoms with Crippen LogP contribution in [0.15, 0.2) is 30.3 Å². The molecule has 1 aromatic heterocycles. The molecule has 1 aliphatic heterocycles. The SMILES string of the molecule is CCOC(=O)N1CCN(c2nc(C)cc(Nc3ccccc3C(=O)O)n2)CC1. The first-order valence-corrected chi connectivity index (χ1v) is 9.09. The van der Waals surface area contributed by atoms with E-state index in [0.717, 1.165) is 5.69 Å². The lowest BCUT2D eigenvalue weighted by molar-refractivity contribution is 0.0697. The van der Waals surface area contributed by atoms with Crippen LogP contribution in [0.25, 0.3) is 0 Å². The second-order valence-corrected chi connectivity index (χ2v) is 6.34. The van der Waals surface area contributed by atoms with E-state index in [9.17, 15) is 14.7 Å². The molecule has 1 aromatic carbocycles. The van der Waals surface area contributed by atoms with Gasteiger partial charge in [0.05, 0.1) is 17.9 Å². The molecule has 0 radical (unpaired) electrons. The molecule has 0 spiro atoms. The molecule has 0 aliphatic carbocycles. The topological polar surface area (TPSA) is 108 Å². The van der Waals surface area contributed by atoms with Gasteiger partial charge in [0.2, 0.25) is 5.95 Å². The Labute approximate surface area is 163 Å². The second-order valence-electron chi connectivity index (χ2n) is 6.34. The average molecular weight is 385 g/mol. The Morgan fingerprint density at radius 1 is 1.18 bits per heavy atom. The molecule has 1 aliphatic rings. The van der Waals surface area contributed by atoms with E-state index < -0.39 is 5.97 Å². The zero-order valence-corrected chi connectivity index (χ0v) is 15.9. The predicted molar refractivity (Wildman–Crippen MR) is 104 cm³/mol. The van der Waals surface area contributed by atoms with Gasteiger partial charge in [-0.25, -0.2) is 14.6 Å². The third-order valence-corrected chi connectivity index (χ3v) is 4.35. The van der Waals surface area contributed by atoms with Crippen molar-refractivity contribution >= 4 is 29.5 Å². The summed E-state index contributed by atoms with van der Waals surface area (Å²) in [7, 11) is 0. The van der Waals surface area contributed by atoms with Gasteiger partial charge in [0.1, 0.15) is 5.82 Å². The molecule has 2 aromatic rings. The fourth-order valence-corrected chi connectivity index (χ4v) is 2.98. The number of anilines is 3. The van der Waals surface area contributed by atoms with Gasteiger partial charge in [-0.05, 0) is 26.0 Å². The molecule has 0 bridgehead atoms. The first kappa shape index (κ1) is 19.4. The highest BCUT2D eigenvalue weighted by molar-refractivity contribution is 5.95.